The van der Waals surface area contributed by atoms with Crippen molar-refractivity contribution in [3.05, 3.63) is 124 Å². The summed E-state index contributed by atoms with van der Waals surface area (Å²) in [4.78, 5) is 41.8. The monoisotopic (exact) mass is 632 g/mol. The first kappa shape index (κ1) is 31.7. The van der Waals surface area contributed by atoms with Crippen LogP contribution in [-0.2, 0) is 9.59 Å². The van der Waals surface area contributed by atoms with E-state index in [-0.39, 0.29) is 16.6 Å². The maximum atomic E-state index is 13.4. The highest BCUT2D eigenvalue weighted by molar-refractivity contribution is 8.00. The van der Waals surface area contributed by atoms with Gasteiger partial charge >= 0.3 is 0 Å². The molecule has 0 aliphatic rings. The molecule has 0 aliphatic heterocycles. The number of hydrogen-bond donors (Lipinski definition) is 3. The molecule has 10 heteroatoms. The minimum Gasteiger partial charge on any atom is -0.378 e. The molecule has 4 aromatic rings. The van der Waals surface area contributed by atoms with Crippen molar-refractivity contribution in [3.63, 3.8) is 0 Å². The van der Waals surface area contributed by atoms with Crippen LogP contribution < -0.4 is 20.9 Å². The van der Waals surface area contributed by atoms with E-state index in [2.05, 4.69) is 16.0 Å². The van der Waals surface area contributed by atoms with Gasteiger partial charge in [0, 0.05) is 35.9 Å². The third-order valence-electron chi connectivity index (χ3n) is 6.25. The van der Waals surface area contributed by atoms with Gasteiger partial charge in [-0.1, -0.05) is 59.6 Å². The van der Waals surface area contributed by atoms with E-state index in [1.165, 1.54) is 11.8 Å². The fourth-order valence-electron chi connectivity index (χ4n) is 3.89. The molecule has 0 saturated carbocycles. The summed E-state index contributed by atoms with van der Waals surface area (Å²) >= 11 is 13.6. The van der Waals surface area contributed by atoms with Crippen molar-refractivity contribution in [2.24, 2.45) is 0 Å². The summed E-state index contributed by atoms with van der Waals surface area (Å²) in [5.74, 6) is -1.11. The van der Waals surface area contributed by atoms with Crippen LogP contribution in [0.15, 0.2) is 108 Å². The highest BCUT2D eigenvalue weighted by Crippen LogP contribution is 2.31. The van der Waals surface area contributed by atoms with Crippen LogP contribution in [0.25, 0.3) is 6.08 Å². The summed E-state index contributed by atoms with van der Waals surface area (Å²) in [5, 5.41) is 8.61. The lowest BCUT2D eigenvalue weighted by Gasteiger charge is -2.14. The first-order valence-corrected chi connectivity index (χ1v) is 14.9. The number of nitrogens with zero attached hydrogens (tertiary/aromatic N) is 1. The molecule has 0 spiro atoms. The molecule has 3 N–H and O–H groups in total. The van der Waals surface area contributed by atoms with Crippen molar-refractivity contribution in [3.8, 4) is 0 Å². The van der Waals surface area contributed by atoms with Gasteiger partial charge in [-0.3, -0.25) is 14.4 Å². The van der Waals surface area contributed by atoms with Crippen LogP contribution in [-0.4, -0.2) is 37.1 Å². The van der Waals surface area contributed by atoms with Crippen molar-refractivity contribution in [1.82, 2.24) is 5.32 Å². The van der Waals surface area contributed by atoms with Gasteiger partial charge in [-0.15, -0.1) is 11.8 Å². The Morgan fingerprint density at radius 3 is 2.14 bits per heavy atom. The summed E-state index contributed by atoms with van der Waals surface area (Å²) in [6, 6.07) is 28.4. The number of carbonyl (C=O) groups excluding carboxylic acids is 3. The van der Waals surface area contributed by atoms with Gasteiger partial charge < -0.3 is 20.9 Å². The summed E-state index contributed by atoms with van der Waals surface area (Å²) in [6.07, 6.45) is 1.63. The number of anilines is 3. The van der Waals surface area contributed by atoms with Crippen molar-refractivity contribution in [2.45, 2.75) is 17.1 Å². The predicted octanol–water partition coefficient (Wildman–Crippen LogP) is 7.59. The molecule has 43 heavy (non-hydrogen) atoms. The van der Waals surface area contributed by atoms with Gasteiger partial charge in [-0.2, -0.15) is 0 Å². The second-order valence-corrected chi connectivity index (χ2v) is 11.9. The van der Waals surface area contributed by atoms with Crippen LogP contribution in [0.4, 0.5) is 17.1 Å². The largest absolute Gasteiger partial charge is 0.378 e. The molecule has 1 atom stereocenters. The predicted molar refractivity (Wildman–Crippen MR) is 178 cm³/mol. The molecule has 1 unspecified atom stereocenters. The molecular formula is C33H30Cl2N4O3S. The van der Waals surface area contributed by atoms with Gasteiger partial charge in [0.05, 0.1) is 21.0 Å². The number of thioether (sulfide) groups is 1. The lowest BCUT2D eigenvalue weighted by Crippen LogP contribution is -2.30. The van der Waals surface area contributed by atoms with Crippen LogP contribution in [0.1, 0.15) is 22.8 Å². The molecule has 7 nitrogen and oxygen atoms in total. The van der Waals surface area contributed by atoms with Crippen LogP contribution in [0, 0.1) is 0 Å². The summed E-state index contributed by atoms with van der Waals surface area (Å²) < 4.78 is 0. The van der Waals surface area contributed by atoms with Crippen molar-refractivity contribution in [1.29, 1.82) is 0 Å². The number of carbonyl (C=O) groups is 3. The average molecular weight is 634 g/mol. The topological polar surface area (TPSA) is 90.5 Å². The van der Waals surface area contributed by atoms with E-state index in [0.29, 0.717) is 22.0 Å². The van der Waals surface area contributed by atoms with Gasteiger partial charge in [-0.05, 0) is 79.2 Å². The molecule has 0 fully saturated rings. The van der Waals surface area contributed by atoms with Crippen LogP contribution >= 0.6 is 35.0 Å². The number of hydrogen-bond acceptors (Lipinski definition) is 5. The van der Waals surface area contributed by atoms with Crippen molar-refractivity contribution >= 4 is 75.8 Å². The maximum Gasteiger partial charge on any atom is 0.272 e. The van der Waals surface area contributed by atoms with Gasteiger partial charge in [-0.25, -0.2) is 0 Å². The number of halogens is 2. The van der Waals surface area contributed by atoms with Crippen LogP contribution in [0.2, 0.25) is 10.0 Å². The molecule has 0 saturated heterocycles. The third kappa shape index (κ3) is 8.88. The van der Waals surface area contributed by atoms with Gasteiger partial charge in [0.1, 0.15) is 5.70 Å². The Labute approximate surface area is 265 Å². The molecule has 220 valence electrons. The molecule has 4 rings (SSSR count). The van der Waals surface area contributed by atoms with Crippen LogP contribution in [0.3, 0.4) is 0 Å². The lowest BCUT2D eigenvalue weighted by molar-refractivity contribution is -0.115. The number of amides is 3. The number of rotatable bonds is 10. The zero-order valence-electron chi connectivity index (χ0n) is 23.7. The first-order valence-electron chi connectivity index (χ1n) is 13.3. The summed E-state index contributed by atoms with van der Waals surface area (Å²) in [5.41, 5.74) is 3.26. The molecule has 0 aliphatic carbocycles. The smallest absolute Gasteiger partial charge is 0.272 e. The Morgan fingerprint density at radius 2 is 1.49 bits per heavy atom. The van der Waals surface area contributed by atoms with E-state index in [9.17, 15) is 14.4 Å². The zero-order valence-corrected chi connectivity index (χ0v) is 26.1. The van der Waals surface area contributed by atoms with Crippen molar-refractivity contribution in [2.75, 3.05) is 29.6 Å². The Bertz CT molecular complexity index is 1630. The Morgan fingerprint density at radius 1 is 0.814 bits per heavy atom. The SMILES string of the molecule is CC(Sc1ccc(NC(=O)/C(=C/c2ccc(N(C)C)cc2)NC(=O)c2ccccc2)cc1)C(=O)Nc1cccc(Cl)c1Cl. The van der Waals surface area contributed by atoms with Crippen LogP contribution in [0.5, 0.6) is 0 Å². The summed E-state index contributed by atoms with van der Waals surface area (Å²) in [7, 11) is 3.89. The minimum absolute atomic E-state index is 0.0925. The average Bonchev–Trinajstić information content (AvgIpc) is 3.00. The van der Waals surface area contributed by atoms with E-state index in [1.54, 1.807) is 67.6 Å². The standard InChI is InChI=1S/C33H30Cl2N4O3S/c1-21(31(40)37-28-11-7-10-27(34)30(28)35)43-26-18-14-24(15-19-26)36-33(42)29(38-32(41)23-8-5-4-6-9-23)20-22-12-16-25(17-13-22)39(2)3/h4-21H,1-3H3,(H,36,42)(H,37,40)(H,38,41)/b29-20-. The molecule has 0 radical (unpaired) electrons. The van der Waals surface area contributed by atoms with E-state index in [1.807, 2.05) is 61.5 Å². The molecule has 0 aromatic heterocycles. The van der Waals surface area contributed by atoms with Gasteiger partial charge in [0.2, 0.25) is 5.91 Å². The molecule has 0 heterocycles. The van der Waals surface area contributed by atoms with E-state index >= 15 is 0 Å². The fourth-order valence-corrected chi connectivity index (χ4v) is 5.10. The Kier molecular flexibility index (Phi) is 10.9. The van der Waals surface area contributed by atoms with E-state index in [4.69, 9.17) is 23.2 Å². The molecular weight excluding hydrogens is 603 g/mol. The zero-order chi connectivity index (χ0) is 30.9. The fraction of sp³-hybridized carbons (Fsp3) is 0.121. The molecule has 3 amide bonds. The van der Waals surface area contributed by atoms with E-state index in [0.717, 1.165) is 16.1 Å². The Balaban J connectivity index is 1.45. The van der Waals surface area contributed by atoms with Crippen molar-refractivity contribution < 1.29 is 14.4 Å². The highest BCUT2D eigenvalue weighted by Gasteiger charge is 2.18. The maximum absolute atomic E-state index is 13.4. The normalized spacial score (nSPS) is 11.8. The number of benzene rings is 4. The molecule has 4 aromatic carbocycles. The summed E-state index contributed by atoms with van der Waals surface area (Å²) in [6.45, 7) is 1.78. The van der Waals surface area contributed by atoms with Gasteiger partial charge in [0.25, 0.3) is 11.8 Å². The minimum atomic E-state index is -0.479. The van der Waals surface area contributed by atoms with E-state index < -0.39 is 17.1 Å². The highest BCUT2D eigenvalue weighted by atomic mass is 35.5. The third-order valence-corrected chi connectivity index (χ3v) is 8.18. The Hall–Kier alpha value is -4.24. The first-order chi connectivity index (χ1) is 20.6. The number of nitrogens with one attached hydrogen (secondary N) is 3. The quantitative estimate of drug-likeness (QED) is 0.124. The molecule has 0 bridgehead atoms. The second-order valence-electron chi connectivity index (χ2n) is 9.69. The van der Waals surface area contributed by atoms with Gasteiger partial charge in [0.15, 0.2) is 0 Å². The lowest BCUT2D eigenvalue weighted by atomic mass is 10.1. The second kappa shape index (κ2) is 14.8.